The summed E-state index contributed by atoms with van der Waals surface area (Å²) in [6, 6.07) is 5.94. The molecule has 6 heteroatoms. The fourth-order valence-electron chi connectivity index (χ4n) is 1.66. The molecule has 0 amide bonds. The Hall–Kier alpha value is -1.95. The van der Waals surface area contributed by atoms with Crippen molar-refractivity contribution in [3.63, 3.8) is 0 Å². The molecule has 0 saturated carbocycles. The zero-order valence-corrected chi connectivity index (χ0v) is 11.1. The third-order valence-corrected chi connectivity index (χ3v) is 2.65. The summed E-state index contributed by atoms with van der Waals surface area (Å²) in [5.41, 5.74) is 0.806. The molecule has 1 unspecified atom stereocenters. The van der Waals surface area contributed by atoms with Crippen LogP contribution in [0.25, 0.3) is 0 Å². The highest BCUT2D eigenvalue weighted by atomic mass is 16.6. The number of nitro benzene ring substituents is 1. The van der Waals surface area contributed by atoms with Gasteiger partial charge in [0.05, 0.1) is 11.5 Å². The van der Waals surface area contributed by atoms with E-state index < -0.39 is 4.92 Å². The molecule has 0 heterocycles. The number of rotatable bonds is 7. The third kappa shape index (κ3) is 4.67. The molecule has 19 heavy (non-hydrogen) atoms. The molecule has 0 bridgehead atoms. The van der Waals surface area contributed by atoms with Gasteiger partial charge in [-0.1, -0.05) is 19.1 Å². The average Bonchev–Trinajstić information content (AvgIpc) is 2.40. The van der Waals surface area contributed by atoms with Crippen molar-refractivity contribution in [3.8, 4) is 0 Å². The normalized spacial score (nSPS) is 11.9. The van der Waals surface area contributed by atoms with Crippen molar-refractivity contribution in [2.75, 3.05) is 6.61 Å². The molecule has 1 rings (SSSR count). The van der Waals surface area contributed by atoms with Gasteiger partial charge in [-0.25, -0.2) is 0 Å². The van der Waals surface area contributed by atoms with Crippen LogP contribution in [-0.4, -0.2) is 23.5 Å². The molecule has 1 atom stereocenters. The van der Waals surface area contributed by atoms with Crippen LogP contribution in [-0.2, 0) is 16.1 Å². The second-order valence-electron chi connectivity index (χ2n) is 4.02. The van der Waals surface area contributed by atoms with Gasteiger partial charge in [0.2, 0.25) is 0 Å². The molecule has 1 N–H and O–H groups in total. The first-order chi connectivity index (χ1) is 9.08. The van der Waals surface area contributed by atoms with E-state index in [1.165, 1.54) is 12.1 Å². The predicted octanol–water partition coefficient (Wildman–Crippen LogP) is 2.03. The van der Waals surface area contributed by atoms with Crippen LogP contribution >= 0.6 is 0 Å². The summed E-state index contributed by atoms with van der Waals surface area (Å²) in [7, 11) is 0. The molecule has 1 aromatic carbocycles. The molecule has 0 radical (unpaired) electrons. The molecule has 104 valence electrons. The number of hydrogen-bond acceptors (Lipinski definition) is 5. The number of nitro groups is 1. The van der Waals surface area contributed by atoms with Gasteiger partial charge in [0.1, 0.15) is 6.04 Å². The van der Waals surface area contributed by atoms with Crippen LogP contribution in [0.5, 0.6) is 0 Å². The molecule has 0 spiro atoms. The van der Waals surface area contributed by atoms with E-state index in [9.17, 15) is 14.9 Å². The van der Waals surface area contributed by atoms with Gasteiger partial charge in [-0.15, -0.1) is 0 Å². The van der Waals surface area contributed by atoms with Crippen LogP contribution in [0, 0.1) is 10.1 Å². The van der Waals surface area contributed by atoms with Gasteiger partial charge in [-0.3, -0.25) is 14.9 Å². The molecule has 0 saturated heterocycles. The van der Waals surface area contributed by atoms with Gasteiger partial charge in [-0.2, -0.15) is 0 Å². The maximum absolute atomic E-state index is 11.6. The van der Waals surface area contributed by atoms with E-state index >= 15 is 0 Å². The lowest BCUT2D eigenvalue weighted by atomic mass is 10.1. The van der Waals surface area contributed by atoms with Crippen molar-refractivity contribution in [2.24, 2.45) is 0 Å². The van der Waals surface area contributed by atoms with Crippen LogP contribution in [0.2, 0.25) is 0 Å². The first-order valence-electron chi connectivity index (χ1n) is 6.21. The molecular weight excluding hydrogens is 248 g/mol. The number of benzene rings is 1. The van der Waals surface area contributed by atoms with Gasteiger partial charge in [0.15, 0.2) is 0 Å². The van der Waals surface area contributed by atoms with Crippen LogP contribution in [0.4, 0.5) is 5.69 Å². The Morgan fingerprint density at radius 1 is 1.47 bits per heavy atom. The summed E-state index contributed by atoms with van der Waals surface area (Å²) in [5.74, 6) is -0.296. The lowest BCUT2D eigenvalue weighted by molar-refractivity contribution is -0.384. The van der Waals surface area contributed by atoms with Crippen LogP contribution < -0.4 is 5.32 Å². The summed E-state index contributed by atoms with van der Waals surface area (Å²) in [6.45, 7) is 4.36. The first-order valence-corrected chi connectivity index (χ1v) is 6.21. The fourth-order valence-corrected chi connectivity index (χ4v) is 1.66. The maximum Gasteiger partial charge on any atom is 0.323 e. The topological polar surface area (TPSA) is 81.5 Å². The Kier molecular flexibility index (Phi) is 5.95. The summed E-state index contributed by atoms with van der Waals surface area (Å²) in [5, 5.41) is 13.7. The van der Waals surface area contributed by atoms with Crippen LogP contribution in [0.3, 0.4) is 0 Å². The standard InChI is InChI=1S/C13H18N2O4/c1-3-12(13(16)19-4-2)14-9-10-6-5-7-11(8-10)15(17)18/h5-8,12,14H,3-4,9H2,1-2H3. The Morgan fingerprint density at radius 2 is 2.21 bits per heavy atom. The Bertz CT molecular complexity index is 448. The van der Waals surface area contributed by atoms with E-state index in [1.807, 2.05) is 6.92 Å². The third-order valence-electron chi connectivity index (χ3n) is 2.65. The monoisotopic (exact) mass is 266 g/mol. The van der Waals surface area contributed by atoms with Gasteiger partial charge in [0, 0.05) is 18.7 Å². The molecule has 0 aliphatic rings. The van der Waals surface area contributed by atoms with Crippen molar-refractivity contribution in [3.05, 3.63) is 39.9 Å². The Balaban J connectivity index is 2.62. The van der Waals surface area contributed by atoms with E-state index in [2.05, 4.69) is 5.32 Å². The van der Waals surface area contributed by atoms with Crippen molar-refractivity contribution in [2.45, 2.75) is 32.9 Å². The molecule has 0 fully saturated rings. The minimum atomic E-state index is -0.438. The van der Waals surface area contributed by atoms with Gasteiger partial charge in [-0.05, 0) is 18.9 Å². The highest BCUT2D eigenvalue weighted by Crippen LogP contribution is 2.13. The minimum absolute atomic E-state index is 0.0449. The zero-order chi connectivity index (χ0) is 14.3. The first kappa shape index (κ1) is 15.1. The Labute approximate surface area is 111 Å². The maximum atomic E-state index is 11.6. The van der Waals surface area contributed by atoms with Gasteiger partial charge >= 0.3 is 5.97 Å². The number of carbonyl (C=O) groups excluding carboxylic acids is 1. The largest absolute Gasteiger partial charge is 0.465 e. The van der Waals surface area contributed by atoms with E-state index in [0.717, 1.165) is 5.56 Å². The van der Waals surface area contributed by atoms with Crippen LogP contribution in [0.15, 0.2) is 24.3 Å². The van der Waals surface area contributed by atoms with E-state index in [4.69, 9.17) is 4.74 Å². The molecule has 0 aliphatic heterocycles. The van der Waals surface area contributed by atoms with Gasteiger partial charge < -0.3 is 10.1 Å². The average molecular weight is 266 g/mol. The van der Waals surface area contributed by atoms with Crippen molar-refractivity contribution in [1.82, 2.24) is 5.32 Å². The van der Waals surface area contributed by atoms with Crippen molar-refractivity contribution < 1.29 is 14.5 Å². The smallest absolute Gasteiger partial charge is 0.323 e. The number of nitrogens with one attached hydrogen (secondary N) is 1. The summed E-state index contributed by atoms with van der Waals surface area (Å²) >= 11 is 0. The minimum Gasteiger partial charge on any atom is -0.465 e. The van der Waals surface area contributed by atoms with Crippen molar-refractivity contribution >= 4 is 11.7 Å². The number of ether oxygens (including phenoxy) is 1. The van der Waals surface area contributed by atoms with Crippen LogP contribution in [0.1, 0.15) is 25.8 Å². The molecule has 6 nitrogen and oxygen atoms in total. The number of nitrogens with zero attached hydrogens (tertiary/aromatic N) is 1. The fraction of sp³-hybridized carbons (Fsp3) is 0.462. The van der Waals surface area contributed by atoms with E-state index in [-0.39, 0.29) is 17.7 Å². The number of carbonyl (C=O) groups is 1. The summed E-state index contributed by atoms with van der Waals surface area (Å²) in [6.07, 6.45) is 0.605. The highest BCUT2D eigenvalue weighted by molar-refractivity contribution is 5.75. The van der Waals surface area contributed by atoms with E-state index in [0.29, 0.717) is 19.6 Å². The second-order valence-corrected chi connectivity index (χ2v) is 4.02. The van der Waals surface area contributed by atoms with Gasteiger partial charge in [0.25, 0.3) is 5.69 Å². The summed E-state index contributed by atoms with van der Waals surface area (Å²) < 4.78 is 4.94. The molecule has 1 aromatic rings. The number of hydrogen-bond donors (Lipinski definition) is 1. The zero-order valence-electron chi connectivity index (χ0n) is 11.1. The number of non-ortho nitro benzene ring substituents is 1. The lowest BCUT2D eigenvalue weighted by Gasteiger charge is -2.15. The SMILES string of the molecule is CCOC(=O)C(CC)NCc1cccc([N+](=O)[O-])c1. The predicted molar refractivity (Wildman–Crippen MR) is 70.6 cm³/mol. The molecular formula is C13H18N2O4. The lowest BCUT2D eigenvalue weighted by Crippen LogP contribution is -2.37. The highest BCUT2D eigenvalue weighted by Gasteiger charge is 2.17. The quantitative estimate of drug-likeness (QED) is 0.464. The molecule has 0 aromatic heterocycles. The number of esters is 1. The Morgan fingerprint density at radius 3 is 2.79 bits per heavy atom. The summed E-state index contributed by atoms with van der Waals surface area (Å²) in [4.78, 5) is 21.8. The van der Waals surface area contributed by atoms with E-state index in [1.54, 1.807) is 19.1 Å². The second kappa shape index (κ2) is 7.48. The molecule has 0 aliphatic carbocycles. The van der Waals surface area contributed by atoms with Crippen molar-refractivity contribution in [1.29, 1.82) is 0 Å².